The van der Waals surface area contributed by atoms with E-state index in [0.29, 0.717) is 23.1 Å². The zero-order chi connectivity index (χ0) is 17.7. The van der Waals surface area contributed by atoms with Gasteiger partial charge in [0.25, 0.3) is 10.0 Å². The van der Waals surface area contributed by atoms with E-state index in [2.05, 4.69) is 18.6 Å². The molecule has 0 aliphatic heterocycles. The summed E-state index contributed by atoms with van der Waals surface area (Å²) in [6.07, 6.45) is 1.01. The average molecular weight is 349 g/mol. The molecule has 0 saturated heterocycles. The van der Waals surface area contributed by atoms with E-state index in [9.17, 15) is 8.42 Å². The first kappa shape index (κ1) is 18.1. The van der Waals surface area contributed by atoms with Crippen molar-refractivity contribution in [3.05, 3.63) is 48.0 Å². The number of sulfonamides is 1. The zero-order valence-electron chi connectivity index (χ0n) is 14.4. The minimum atomic E-state index is -3.71. The Hall–Kier alpha value is -2.21. The van der Waals surface area contributed by atoms with Gasteiger partial charge in [0.2, 0.25) is 0 Å². The highest BCUT2D eigenvalue weighted by Crippen LogP contribution is 2.31. The van der Waals surface area contributed by atoms with Crippen molar-refractivity contribution in [3.63, 3.8) is 0 Å². The van der Waals surface area contributed by atoms with Crippen molar-refractivity contribution in [1.82, 2.24) is 0 Å². The van der Waals surface area contributed by atoms with Crippen LogP contribution in [0.25, 0.3) is 0 Å². The predicted octanol–water partition coefficient (Wildman–Crippen LogP) is 4.02. The first-order valence-corrected chi connectivity index (χ1v) is 9.24. The van der Waals surface area contributed by atoms with Crippen LogP contribution >= 0.6 is 0 Å². The summed E-state index contributed by atoms with van der Waals surface area (Å²) in [5.41, 5.74) is 1.46. The maximum Gasteiger partial charge on any atom is 0.262 e. The summed E-state index contributed by atoms with van der Waals surface area (Å²) in [6, 6.07) is 11.9. The van der Waals surface area contributed by atoms with Crippen molar-refractivity contribution in [2.75, 3.05) is 18.9 Å². The number of hydrogen-bond donors (Lipinski definition) is 1. The van der Waals surface area contributed by atoms with Crippen LogP contribution in [-0.2, 0) is 10.0 Å². The van der Waals surface area contributed by atoms with Gasteiger partial charge in [-0.2, -0.15) is 0 Å². The highest BCUT2D eigenvalue weighted by atomic mass is 32.2. The van der Waals surface area contributed by atoms with Gasteiger partial charge in [0.1, 0.15) is 11.5 Å². The number of benzene rings is 2. The van der Waals surface area contributed by atoms with Crippen LogP contribution < -0.4 is 14.2 Å². The standard InChI is InChI=1S/C18H23NO4S/c1-5-13(2)14-6-9-16(10-7-14)24(20,21)19-17-12-15(22-3)8-11-18(17)23-4/h6-13,19H,5H2,1-4H3. The van der Waals surface area contributed by atoms with E-state index in [1.54, 1.807) is 30.3 Å². The SMILES string of the molecule is CCC(C)c1ccc(S(=O)(=O)Nc2cc(OC)ccc2OC)cc1. The van der Waals surface area contributed by atoms with Gasteiger partial charge in [-0.1, -0.05) is 26.0 Å². The molecule has 2 rings (SSSR count). The Balaban J connectivity index is 2.31. The molecular weight excluding hydrogens is 326 g/mol. The van der Waals surface area contributed by atoms with Crippen LogP contribution in [0.3, 0.4) is 0 Å². The molecule has 1 unspecified atom stereocenters. The average Bonchev–Trinajstić information content (AvgIpc) is 2.60. The highest BCUT2D eigenvalue weighted by Gasteiger charge is 2.17. The molecule has 6 heteroatoms. The normalized spacial score (nSPS) is 12.5. The summed E-state index contributed by atoms with van der Waals surface area (Å²) < 4.78 is 38.1. The molecule has 0 aliphatic carbocycles. The van der Waals surface area contributed by atoms with E-state index in [0.717, 1.165) is 12.0 Å². The summed E-state index contributed by atoms with van der Waals surface area (Å²) in [7, 11) is -0.697. The molecule has 130 valence electrons. The van der Waals surface area contributed by atoms with Crippen LogP contribution in [0.5, 0.6) is 11.5 Å². The van der Waals surface area contributed by atoms with Crippen molar-refractivity contribution < 1.29 is 17.9 Å². The smallest absolute Gasteiger partial charge is 0.262 e. The van der Waals surface area contributed by atoms with Crippen LogP contribution in [-0.4, -0.2) is 22.6 Å². The monoisotopic (exact) mass is 349 g/mol. The molecule has 5 nitrogen and oxygen atoms in total. The lowest BCUT2D eigenvalue weighted by atomic mass is 9.99. The number of anilines is 1. The number of hydrogen-bond acceptors (Lipinski definition) is 4. The van der Waals surface area contributed by atoms with Gasteiger partial charge in [-0.25, -0.2) is 8.42 Å². The van der Waals surface area contributed by atoms with E-state index in [1.165, 1.54) is 14.2 Å². The molecule has 0 radical (unpaired) electrons. The molecule has 0 bridgehead atoms. The van der Waals surface area contributed by atoms with Crippen LogP contribution in [0.15, 0.2) is 47.4 Å². The first-order valence-electron chi connectivity index (χ1n) is 7.76. The predicted molar refractivity (Wildman–Crippen MR) is 95.5 cm³/mol. The van der Waals surface area contributed by atoms with E-state index in [4.69, 9.17) is 9.47 Å². The second-order valence-corrected chi connectivity index (χ2v) is 7.23. The molecule has 1 N–H and O–H groups in total. The molecule has 2 aromatic rings. The van der Waals surface area contributed by atoms with E-state index < -0.39 is 10.0 Å². The number of ether oxygens (including phenoxy) is 2. The topological polar surface area (TPSA) is 64.6 Å². The van der Waals surface area contributed by atoms with Crippen LogP contribution in [0.1, 0.15) is 31.7 Å². The summed E-state index contributed by atoms with van der Waals surface area (Å²) >= 11 is 0. The summed E-state index contributed by atoms with van der Waals surface area (Å²) in [6.45, 7) is 4.22. The second-order valence-electron chi connectivity index (χ2n) is 5.55. The molecule has 0 heterocycles. The number of nitrogens with one attached hydrogen (secondary N) is 1. The van der Waals surface area contributed by atoms with Crippen molar-refractivity contribution in [2.24, 2.45) is 0 Å². The lowest BCUT2D eigenvalue weighted by molar-refractivity contribution is 0.405. The molecule has 24 heavy (non-hydrogen) atoms. The maximum absolute atomic E-state index is 12.6. The van der Waals surface area contributed by atoms with E-state index in [1.807, 2.05) is 12.1 Å². The number of rotatable bonds is 7. The second kappa shape index (κ2) is 7.57. The fourth-order valence-electron chi connectivity index (χ4n) is 2.31. The fraction of sp³-hybridized carbons (Fsp3) is 0.333. The van der Waals surface area contributed by atoms with Gasteiger partial charge < -0.3 is 9.47 Å². The molecule has 0 fully saturated rings. The Bertz CT molecular complexity index is 785. The van der Waals surface area contributed by atoms with Crippen molar-refractivity contribution >= 4 is 15.7 Å². The van der Waals surface area contributed by atoms with Crippen molar-refractivity contribution in [1.29, 1.82) is 0 Å². The van der Waals surface area contributed by atoms with Gasteiger partial charge in [0.15, 0.2) is 0 Å². The fourth-order valence-corrected chi connectivity index (χ4v) is 3.37. The molecule has 0 aromatic heterocycles. The Morgan fingerprint density at radius 3 is 2.25 bits per heavy atom. The molecule has 2 aromatic carbocycles. The minimum Gasteiger partial charge on any atom is -0.497 e. The van der Waals surface area contributed by atoms with E-state index in [-0.39, 0.29) is 4.90 Å². The molecule has 0 saturated carbocycles. The Kier molecular flexibility index (Phi) is 5.72. The summed E-state index contributed by atoms with van der Waals surface area (Å²) in [5.74, 6) is 1.37. The maximum atomic E-state index is 12.6. The van der Waals surface area contributed by atoms with E-state index >= 15 is 0 Å². The van der Waals surface area contributed by atoms with Crippen LogP contribution in [0, 0.1) is 0 Å². The van der Waals surface area contributed by atoms with Gasteiger partial charge in [-0.15, -0.1) is 0 Å². The minimum absolute atomic E-state index is 0.208. The zero-order valence-corrected chi connectivity index (χ0v) is 15.2. The molecule has 1 atom stereocenters. The lowest BCUT2D eigenvalue weighted by Crippen LogP contribution is -2.14. The Morgan fingerprint density at radius 1 is 1.04 bits per heavy atom. The first-order chi connectivity index (χ1) is 11.4. The third-order valence-corrected chi connectivity index (χ3v) is 5.40. The van der Waals surface area contributed by atoms with Gasteiger partial charge in [-0.3, -0.25) is 4.72 Å². The highest BCUT2D eigenvalue weighted by molar-refractivity contribution is 7.92. The van der Waals surface area contributed by atoms with Crippen molar-refractivity contribution in [2.45, 2.75) is 31.1 Å². The quantitative estimate of drug-likeness (QED) is 0.820. The lowest BCUT2D eigenvalue weighted by Gasteiger charge is -2.14. The van der Waals surface area contributed by atoms with Gasteiger partial charge >= 0.3 is 0 Å². The summed E-state index contributed by atoms with van der Waals surface area (Å²) in [4.78, 5) is 0.208. The third kappa shape index (κ3) is 4.00. The van der Waals surface area contributed by atoms with Gasteiger partial charge in [0.05, 0.1) is 24.8 Å². The molecular formula is C18H23NO4S. The van der Waals surface area contributed by atoms with Gasteiger partial charge in [0, 0.05) is 6.07 Å². The Morgan fingerprint density at radius 2 is 1.71 bits per heavy atom. The molecule has 0 aliphatic rings. The summed E-state index contributed by atoms with van der Waals surface area (Å²) in [5, 5.41) is 0. The molecule has 0 spiro atoms. The molecule has 0 amide bonds. The largest absolute Gasteiger partial charge is 0.497 e. The Labute approximate surface area is 143 Å². The van der Waals surface area contributed by atoms with Crippen LogP contribution in [0.2, 0.25) is 0 Å². The third-order valence-electron chi connectivity index (χ3n) is 4.02. The number of methoxy groups -OCH3 is 2. The van der Waals surface area contributed by atoms with Crippen LogP contribution in [0.4, 0.5) is 5.69 Å². The van der Waals surface area contributed by atoms with Gasteiger partial charge in [-0.05, 0) is 42.2 Å². The van der Waals surface area contributed by atoms with Crippen molar-refractivity contribution in [3.8, 4) is 11.5 Å².